The van der Waals surface area contributed by atoms with Crippen molar-refractivity contribution < 1.29 is 4.79 Å². The molecule has 108 valence electrons. The number of hydrogen-bond donors (Lipinski definition) is 2. The summed E-state index contributed by atoms with van der Waals surface area (Å²) >= 11 is 7.07. The molecule has 3 N–H and O–H groups in total. The second kappa shape index (κ2) is 6.00. The summed E-state index contributed by atoms with van der Waals surface area (Å²) in [4.78, 5) is 13.0. The molecule has 2 saturated carbocycles. The number of carbonyl (C=O) groups excluding carboxylic acids is 1. The SMILES string of the molecule is CSC1(CNC(=O)C2(C(N)=S)CCCCC2)CCC1. The largest absolute Gasteiger partial charge is 0.392 e. The fourth-order valence-electron chi connectivity index (χ4n) is 3.18. The van der Waals surface area contributed by atoms with Gasteiger partial charge in [-0.15, -0.1) is 0 Å². The molecule has 0 spiro atoms. The van der Waals surface area contributed by atoms with Gasteiger partial charge in [0.15, 0.2) is 0 Å². The van der Waals surface area contributed by atoms with Crippen LogP contribution in [0.3, 0.4) is 0 Å². The molecule has 0 aromatic carbocycles. The van der Waals surface area contributed by atoms with Gasteiger partial charge in [0.1, 0.15) is 0 Å². The highest BCUT2D eigenvalue weighted by Gasteiger charge is 2.44. The van der Waals surface area contributed by atoms with Crippen LogP contribution < -0.4 is 11.1 Å². The Hall–Kier alpha value is -0.290. The summed E-state index contributed by atoms with van der Waals surface area (Å²) in [6.07, 6.45) is 10.7. The van der Waals surface area contributed by atoms with E-state index in [-0.39, 0.29) is 10.7 Å². The quantitative estimate of drug-likeness (QED) is 0.766. The molecule has 5 heteroatoms. The van der Waals surface area contributed by atoms with Gasteiger partial charge in [-0.3, -0.25) is 4.79 Å². The summed E-state index contributed by atoms with van der Waals surface area (Å²) in [6.45, 7) is 0.761. The number of carbonyl (C=O) groups is 1. The number of thiocarbonyl (C=S) groups is 1. The van der Waals surface area contributed by atoms with Crippen LogP contribution in [-0.2, 0) is 4.79 Å². The number of nitrogens with two attached hydrogens (primary N) is 1. The number of amides is 1. The number of nitrogens with one attached hydrogen (secondary N) is 1. The maximum atomic E-state index is 12.6. The molecule has 0 aromatic heterocycles. The van der Waals surface area contributed by atoms with Gasteiger partial charge in [-0.25, -0.2) is 0 Å². The molecule has 0 saturated heterocycles. The van der Waals surface area contributed by atoms with Gasteiger partial charge < -0.3 is 11.1 Å². The molecule has 2 aliphatic rings. The van der Waals surface area contributed by atoms with E-state index < -0.39 is 5.41 Å². The van der Waals surface area contributed by atoms with E-state index in [1.165, 1.54) is 25.7 Å². The average Bonchev–Trinajstić information content (AvgIpc) is 2.38. The van der Waals surface area contributed by atoms with Gasteiger partial charge in [-0.05, 0) is 31.9 Å². The van der Waals surface area contributed by atoms with E-state index >= 15 is 0 Å². The minimum atomic E-state index is -0.572. The molecule has 2 fully saturated rings. The summed E-state index contributed by atoms with van der Waals surface area (Å²) in [5.74, 6) is 0.0695. The number of thioether (sulfide) groups is 1. The van der Waals surface area contributed by atoms with Crippen molar-refractivity contribution in [3.05, 3.63) is 0 Å². The first kappa shape index (κ1) is 15.1. The molecule has 2 aliphatic carbocycles. The van der Waals surface area contributed by atoms with Gasteiger partial charge in [0.05, 0.1) is 10.4 Å². The Kier molecular flexibility index (Phi) is 4.77. The van der Waals surface area contributed by atoms with Gasteiger partial charge in [-0.1, -0.05) is 37.9 Å². The van der Waals surface area contributed by atoms with Crippen molar-refractivity contribution in [3.63, 3.8) is 0 Å². The first-order valence-corrected chi connectivity index (χ1v) is 8.81. The normalized spacial score (nSPS) is 24.3. The molecular formula is C14H24N2OS2. The van der Waals surface area contributed by atoms with Crippen molar-refractivity contribution >= 4 is 34.9 Å². The van der Waals surface area contributed by atoms with Crippen LogP contribution in [-0.4, -0.2) is 28.4 Å². The summed E-state index contributed by atoms with van der Waals surface area (Å²) in [7, 11) is 0. The van der Waals surface area contributed by atoms with E-state index in [1.807, 2.05) is 11.8 Å². The van der Waals surface area contributed by atoms with Gasteiger partial charge >= 0.3 is 0 Å². The molecule has 0 aliphatic heterocycles. The lowest BCUT2D eigenvalue weighted by atomic mass is 9.73. The van der Waals surface area contributed by atoms with Crippen molar-refractivity contribution in [1.29, 1.82) is 0 Å². The van der Waals surface area contributed by atoms with E-state index in [9.17, 15) is 4.79 Å². The molecule has 0 heterocycles. The zero-order valence-corrected chi connectivity index (χ0v) is 13.3. The lowest BCUT2D eigenvalue weighted by Crippen LogP contribution is -2.54. The van der Waals surface area contributed by atoms with Crippen molar-refractivity contribution in [2.45, 2.75) is 56.1 Å². The highest BCUT2D eigenvalue weighted by molar-refractivity contribution is 8.00. The predicted octanol–water partition coefficient (Wildman–Crippen LogP) is 2.62. The lowest BCUT2D eigenvalue weighted by molar-refractivity contribution is -0.129. The van der Waals surface area contributed by atoms with Gasteiger partial charge in [0.2, 0.25) is 5.91 Å². The van der Waals surface area contributed by atoms with Crippen LogP contribution in [0.1, 0.15) is 51.4 Å². The maximum absolute atomic E-state index is 12.6. The molecule has 3 nitrogen and oxygen atoms in total. The molecule has 0 unspecified atom stereocenters. The fourth-order valence-corrected chi connectivity index (χ4v) is 4.39. The number of hydrogen-bond acceptors (Lipinski definition) is 3. The third-order valence-electron chi connectivity index (χ3n) is 4.88. The van der Waals surface area contributed by atoms with E-state index in [1.54, 1.807) is 0 Å². The van der Waals surface area contributed by atoms with Crippen LogP contribution in [0.2, 0.25) is 0 Å². The minimum Gasteiger partial charge on any atom is -0.392 e. The zero-order chi connectivity index (χ0) is 13.9. The van der Waals surface area contributed by atoms with Crippen LogP contribution in [0.5, 0.6) is 0 Å². The van der Waals surface area contributed by atoms with Crippen LogP contribution in [0.15, 0.2) is 0 Å². The highest BCUT2D eigenvalue weighted by Crippen LogP contribution is 2.43. The minimum absolute atomic E-state index is 0.0695. The monoisotopic (exact) mass is 300 g/mol. The molecule has 0 bridgehead atoms. The zero-order valence-electron chi connectivity index (χ0n) is 11.7. The summed E-state index contributed by atoms with van der Waals surface area (Å²) in [6, 6.07) is 0. The lowest BCUT2D eigenvalue weighted by Gasteiger charge is -2.42. The first-order chi connectivity index (χ1) is 9.05. The van der Waals surface area contributed by atoms with Crippen molar-refractivity contribution in [3.8, 4) is 0 Å². The third-order valence-corrected chi connectivity index (χ3v) is 6.69. The molecule has 0 radical (unpaired) electrons. The predicted molar refractivity (Wildman–Crippen MR) is 85.4 cm³/mol. The summed E-state index contributed by atoms with van der Waals surface area (Å²) < 4.78 is 0.266. The van der Waals surface area contributed by atoms with Gasteiger partial charge in [0.25, 0.3) is 0 Å². The summed E-state index contributed by atoms with van der Waals surface area (Å²) in [5.41, 5.74) is 5.31. The standard InChI is InChI=1S/C14H24N2OS2/c1-19-13(6-5-7-13)10-16-12(17)14(11(15)18)8-3-2-4-9-14/h2-10H2,1H3,(H2,15,18)(H,16,17). The van der Waals surface area contributed by atoms with E-state index in [2.05, 4.69) is 11.6 Å². The smallest absolute Gasteiger partial charge is 0.233 e. The number of rotatable bonds is 5. The highest BCUT2D eigenvalue weighted by atomic mass is 32.2. The van der Waals surface area contributed by atoms with Crippen LogP contribution in [0.4, 0.5) is 0 Å². The van der Waals surface area contributed by atoms with E-state index in [4.69, 9.17) is 18.0 Å². The van der Waals surface area contributed by atoms with Gasteiger partial charge in [0, 0.05) is 11.3 Å². The Balaban J connectivity index is 1.98. The van der Waals surface area contributed by atoms with Crippen molar-refractivity contribution in [1.82, 2.24) is 5.32 Å². The van der Waals surface area contributed by atoms with Crippen LogP contribution >= 0.6 is 24.0 Å². The second-order valence-electron chi connectivity index (χ2n) is 5.93. The van der Waals surface area contributed by atoms with Gasteiger partial charge in [-0.2, -0.15) is 11.8 Å². The Bertz CT molecular complexity index is 355. The van der Waals surface area contributed by atoms with Crippen LogP contribution in [0.25, 0.3) is 0 Å². The first-order valence-electron chi connectivity index (χ1n) is 7.18. The Labute approximate surface area is 125 Å². The fraction of sp³-hybridized carbons (Fsp3) is 0.857. The topological polar surface area (TPSA) is 55.1 Å². The average molecular weight is 300 g/mol. The van der Waals surface area contributed by atoms with E-state index in [0.29, 0.717) is 4.99 Å². The molecule has 1 amide bonds. The molecule has 0 aromatic rings. The molecule has 19 heavy (non-hydrogen) atoms. The van der Waals surface area contributed by atoms with Crippen molar-refractivity contribution in [2.24, 2.45) is 11.1 Å². The molecular weight excluding hydrogens is 276 g/mol. The molecule has 0 atom stereocenters. The van der Waals surface area contributed by atoms with Crippen LogP contribution in [0, 0.1) is 5.41 Å². The van der Waals surface area contributed by atoms with E-state index in [0.717, 1.165) is 32.2 Å². The maximum Gasteiger partial charge on any atom is 0.233 e. The second-order valence-corrected chi connectivity index (χ2v) is 7.64. The molecule has 2 rings (SSSR count). The summed E-state index contributed by atoms with van der Waals surface area (Å²) in [5, 5.41) is 3.14. The third kappa shape index (κ3) is 2.92. The Morgan fingerprint density at radius 1 is 1.21 bits per heavy atom. The van der Waals surface area contributed by atoms with Crippen molar-refractivity contribution in [2.75, 3.05) is 12.8 Å². The Morgan fingerprint density at radius 3 is 2.26 bits per heavy atom. The Morgan fingerprint density at radius 2 is 1.84 bits per heavy atom.